The minimum atomic E-state index is -0.177. The number of carbonyl (C=O) groups excluding carboxylic acids is 1. The lowest BCUT2D eigenvalue weighted by atomic mass is 10.0. The fourth-order valence-electron chi connectivity index (χ4n) is 4.23. The minimum absolute atomic E-state index is 0.155. The van der Waals surface area contributed by atoms with Crippen LogP contribution in [0.1, 0.15) is 52.5 Å². The number of nitrogens with one attached hydrogen (secondary N) is 2. The highest BCUT2D eigenvalue weighted by molar-refractivity contribution is 9.10. The van der Waals surface area contributed by atoms with E-state index in [1.807, 2.05) is 39.0 Å². The first-order chi connectivity index (χ1) is 14.3. The lowest BCUT2D eigenvalue weighted by Crippen LogP contribution is -2.40. The van der Waals surface area contributed by atoms with Crippen molar-refractivity contribution in [2.24, 2.45) is 0 Å². The number of hydrogen-bond acceptors (Lipinski definition) is 4. The van der Waals surface area contributed by atoms with Crippen LogP contribution < -0.4 is 15.8 Å². The van der Waals surface area contributed by atoms with Gasteiger partial charge in [-0.2, -0.15) is 0 Å². The largest absolute Gasteiger partial charge is 0.381 e. The summed E-state index contributed by atoms with van der Waals surface area (Å²) in [5.41, 5.74) is 4.74. The molecular formula is C23H30BrN3O3. The molecule has 2 N–H and O–H groups in total. The van der Waals surface area contributed by atoms with E-state index in [9.17, 15) is 9.59 Å². The first-order valence-corrected chi connectivity index (χ1v) is 11.2. The molecule has 1 aliphatic rings. The predicted octanol–water partition coefficient (Wildman–Crippen LogP) is 4.00. The van der Waals surface area contributed by atoms with Crippen LogP contribution in [-0.4, -0.2) is 36.7 Å². The monoisotopic (exact) mass is 475 g/mol. The van der Waals surface area contributed by atoms with Crippen LogP contribution in [0.5, 0.6) is 0 Å². The Labute approximate surface area is 186 Å². The fourth-order valence-corrected chi connectivity index (χ4v) is 4.88. The van der Waals surface area contributed by atoms with Crippen molar-refractivity contribution in [1.82, 2.24) is 10.3 Å². The van der Waals surface area contributed by atoms with Gasteiger partial charge in [-0.1, -0.05) is 0 Å². The van der Waals surface area contributed by atoms with E-state index in [4.69, 9.17) is 4.74 Å². The van der Waals surface area contributed by atoms with Crippen LogP contribution in [0.15, 0.2) is 27.5 Å². The standard InChI is InChI=1S/C23H30BrN3O3/c1-5-27(17-8-10-30-11-9-17)21-16(4)18(6-7-20(21)24)22(28)25-13-19-14(2)12-15(3)26-23(19)29/h6-7,12,17H,5,8-11,13H2,1-4H3,(H,25,28)(H,26,29). The molecule has 0 aliphatic carbocycles. The average molecular weight is 476 g/mol. The molecule has 7 heteroatoms. The molecule has 1 aromatic carbocycles. The third-order valence-electron chi connectivity index (χ3n) is 5.81. The first-order valence-electron chi connectivity index (χ1n) is 10.4. The molecule has 1 aliphatic heterocycles. The quantitative estimate of drug-likeness (QED) is 0.661. The second-order valence-corrected chi connectivity index (χ2v) is 8.68. The Balaban J connectivity index is 1.85. The topological polar surface area (TPSA) is 74.4 Å². The summed E-state index contributed by atoms with van der Waals surface area (Å²) in [6.07, 6.45) is 1.96. The molecule has 1 saturated heterocycles. The van der Waals surface area contributed by atoms with Crippen molar-refractivity contribution in [1.29, 1.82) is 0 Å². The number of aryl methyl sites for hydroxylation is 2. The SMILES string of the molecule is CCN(c1c(Br)ccc(C(=O)NCc2c(C)cc(C)[nH]c2=O)c1C)C1CCOCC1. The van der Waals surface area contributed by atoms with Crippen molar-refractivity contribution in [3.05, 3.63) is 61.0 Å². The zero-order valence-electron chi connectivity index (χ0n) is 18.1. The van der Waals surface area contributed by atoms with E-state index in [0.717, 1.165) is 59.6 Å². The highest BCUT2D eigenvalue weighted by Gasteiger charge is 2.25. The number of H-pyrrole nitrogens is 1. The van der Waals surface area contributed by atoms with E-state index in [1.54, 1.807) is 0 Å². The van der Waals surface area contributed by atoms with E-state index < -0.39 is 0 Å². The number of rotatable bonds is 6. The number of carbonyl (C=O) groups is 1. The van der Waals surface area contributed by atoms with E-state index in [2.05, 4.69) is 38.1 Å². The van der Waals surface area contributed by atoms with Crippen molar-refractivity contribution in [2.75, 3.05) is 24.7 Å². The maximum atomic E-state index is 13.0. The number of halogens is 1. The van der Waals surface area contributed by atoms with Crippen LogP contribution in [0.3, 0.4) is 0 Å². The Morgan fingerprint density at radius 1 is 1.27 bits per heavy atom. The Hall–Kier alpha value is -2.12. The van der Waals surface area contributed by atoms with Gasteiger partial charge in [0.15, 0.2) is 0 Å². The van der Waals surface area contributed by atoms with Crippen LogP contribution in [0, 0.1) is 20.8 Å². The molecular weight excluding hydrogens is 446 g/mol. The predicted molar refractivity (Wildman–Crippen MR) is 123 cm³/mol. The summed E-state index contributed by atoms with van der Waals surface area (Å²) in [6, 6.07) is 6.08. The van der Waals surface area contributed by atoms with E-state index in [0.29, 0.717) is 17.2 Å². The maximum Gasteiger partial charge on any atom is 0.253 e. The number of benzene rings is 1. The third-order valence-corrected chi connectivity index (χ3v) is 6.45. The molecule has 1 fully saturated rings. The van der Waals surface area contributed by atoms with Gasteiger partial charge in [-0.25, -0.2) is 0 Å². The Kier molecular flexibility index (Phi) is 7.36. The van der Waals surface area contributed by atoms with Gasteiger partial charge in [-0.05, 0) is 85.8 Å². The number of aromatic nitrogens is 1. The molecule has 0 spiro atoms. The molecule has 0 radical (unpaired) electrons. The molecule has 6 nitrogen and oxygen atoms in total. The molecule has 2 aromatic rings. The van der Waals surface area contributed by atoms with Crippen LogP contribution in [0.4, 0.5) is 5.69 Å². The van der Waals surface area contributed by atoms with Gasteiger partial charge in [-0.3, -0.25) is 9.59 Å². The number of anilines is 1. The van der Waals surface area contributed by atoms with Crippen LogP contribution >= 0.6 is 15.9 Å². The number of ether oxygens (including phenoxy) is 1. The lowest BCUT2D eigenvalue weighted by molar-refractivity contribution is 0.0845. The molecule has 1 aromatic heterocycles. The van der Waals surface area contributed by atoms with Crippen molar-refractivity contribution in [3.63, 3.8) is 0 Å². The molecule has 30 heavy (non-hydrogen) atoms. The van der Waals surface area contributed by atoms with Gasteiger partial charge >= 0.3 is 0 Å². The molecule has 0 saturated carbocycles. The molecule has 3 rings (SSSR count). The van der Waals surface area contributed by atoms with Crippen molar-refractivity contribution >= 4 is 27.5 Å². The van der Waals surface area contributed by atoms with Crippen molar-refractivity contribution in [2.45, 2.75) is 53.1 Å². The molecule has 2 heterocycles. The van der Waals surface area contributed by atoms with Crippen LogP contribution in [-0.2, 0) is 11.3 Å². The Morgan fingerprint density at radius 2 is 1.97 bits per heavy atom. The highest BCUT2D eigenvalue weighted by Crippen LogP contribution is 2.35. The highest BCUT2D eigenvalue weighted by atomic mass is 79.9. The van der Waals surface area contributed by atoms with E-state index >= 15 is 0 Å². The number of nitrogens with zero attached hydrogens (tertiary/aromatic N) is 1. The van der Waals surface area contributed by atoms with Gasteiger partial charge in [0, 0.05) is 53.6 Å². The average Bonchev–Trinajstić information content (AvgIpc) is 2.70. The van der Waals surface area contributed by atoms with Gasteiger partial charge < -0.3 is 19.9 Å². The summed E-state index contributed by atoms with van der Waals surface area (Å²) < 4.78 is 6.50. The number of hydrogen-bond donors (Lipinski definition) is 2. The Bertz CT molecular complexity index is 980. The summed E-state index contributed by atoms with van der Waals surface area (Å²) in [5.74, 6) is -0.177. The van der Waals surface area contributed by atoms with Gasteiger partial charge in [0.25, 0.3) is 11.5 Å². The normalized spacial score (nSPS) is 14.6. The summed E-state index contributed by atoms with van der Waals surface area (Å²) >= 11 is 3.69. The minimum Gasteiger partial charge on any atom is -0.381 e. The van der Waals surface area contributed by atoms with Crippen molar-refractivity contribution < 1.29 is 9.53 Å². The van der Waals surface area contributed by atoms with Crippen LogP contribution in [0.25, 0.3) is 0 Å². The first kappa shape index (κ1) is 22.6. The second-order valence-electron chi connectivity index (χ2n) is 7.82. The smallest absolute Gasteiger partial charge is 0.253 e. The summed E-state index contributed by atoms with van der Waals surface area (Å²) in [7, 11) is 0. The number of pyridine rings is 1. The Morgan fingerprint density at radius 3 is 2.60 bits per heavy atom. The molecule has 1 amide bonds. The fraction of sp³-hybridized carbons (Fsp3) is 0.478. The molecule has 0 unspecified atom stereocenters. The van der Waals surface area contributed by atoms with Gasteiger partial charge in [-0.15, -0.1) is 0 Å². The number of amides is 1. The van der Waals surface area contributed by atoms with Gasteiger partial charge in [0.05, 0.1) is 5.69 Å². The second kappa shape index (κ2) is 9.79. The molecule has 0 bridgehead atoms. The zero-order valence-corrected chi connectivity index (χ0v) is 19.7. The van der Waals surface area contributed by atoms with Crippen LogP contribution in [0.2, 0.25) is 0 Å². The molecule has 0 atom stereocenters. The third kappa shape index (κ3) is 4.78. The summed E-state index contributed by atoms with van der Waals surface area (Å²) in [4.78, 5) is 30.4. The zero-order chi connectivity index (χ0) is 21.8. The maximum absolute atomic E-state index is 13.0. The summed E-state index contributed by atoms with van der Waals surface area (Å²) in [5, 5.41) is 2.93. The number of aromatic amines is 1. The summed E-state index contributed by atoms with van der Waals surface area (Å²) in [6.45, 7) is 10.4. The van der Waals surface area contributed by atoms with E-state index in [1.165, 1.54) is 0 Å². The van der Waals surface area contributed by atoms with Gasteiger partial charge in [0.2, 0.25) is 0 Å². The van der Waals surface area contributed by atoms with Crippen molar-refractivity contribution in [3.8, 4) is 0 Å². The van der Waals surface area contributed by atoms with Gasteiger partial charge in [0.1, 0.15) is 0 Å². The lowest BCUT2D eigenvalue weighted by Gasteiger charge is -2.37. The molecule has 162 valence electrons. The van der Waals surface area contributed by atoms with E-state index in [-0.39, 0.29) is 18.0 Å².